The highest BCUT2D eigenvalue weighted by Crippen LogP contribution is 2.34. The third-order valence-electron chi connectivity index (χ3n) is 8.00. The molecule has 0 unspecified atom stereocenters. The Balaban J connectivity index is 1.49. The molecule has 1 fully saturated rings. The third-order valence-corrected chi connectivity index (χ3v) is 9.71. The number of hydrogen-bond donors (Lipinski definition) is 0. The van der Waals surface area contributed by atoms with E-state index in [9.17, 15) is 27.6 Å². The van der Waals surface area contributed by atoms with Crippen LogP contribution in [0.1, 0.15) is 68.0 Å². The van der Waals surface area contributed by atoms with Crippen molar-refractivity contribution in [3.05, 3.63) is 88.1 Å². The van der Waals surface area contributed by atoms with Crippen LogP contribution < -0.4 is 10.3 Å². The molecule has 2 aliphatic rings. The van der Waals surface area contributed by atoms with Gasteiger partial charge in [0.05, 0.1) is 22.1 Å². The third kappa shape index (κ3) is 7.14. The summed E-state index contributed by atoms with van der Waals surface area (Å²) in [4.78, 5) is 61.3. The number of nitrogens with zero attached hydrogens (tertiary/aromatic N) is 4. The predicted octanol–water partition coefficient (Wildman–Crippen LogP) is 3.99. The number of esters is 1. The van der Waals surface area contributed by atoms with Crippen molar-refractivity contribution in [2.75, 3.05) is 25.4 Å². The van der Waals surface area contributed by atoms with Gasteiger partial charge in [0.2, 0.25) is 5.75 Å². The first-order chi connectivity index (χ1) is 21.9. The van der Waals surface area contributed by atoms with Crippen LogP contribution in [0.15, 0.2) is 70.4 Å². The number of rotatable bonds is 8. The van der Waals surface area contributed by atoms with Gasteiger partial charge < -0.3 is 18.9 Å². The largest absolute Gasteiger partial charge is 0.445 e. The number of fused-ring (bicyclic) bond motifs is 1. The predicted molar refractivity (Wildman–Crippen MR) is 168 cm³/mol. The molecule has 0 saturated carbocycles. The fourth-order valence-corrected chi connectivity index (χ4v) is 6.77. The number of benzene rings is 2. The molecule has 0 aliphatic carbocycles. The maximum absolute atomic E-state index is 14.2. The van der Waals surface area contributed by atoms with E-state index < -0.39 is 50.6 Å². The van der Waals surface area contributed by atoms with Gasteiger partial charge in [0, 0.05) is 26.2 Å². The van der Waals surface area contributed by atoms with Crippen molar-refractivity contribution in [2.45, 2.75) is 64.1 Å². The zero-order chi connectivity index (χ0) is 33.1. The maximum Gasteiger partial charge on any atom is 0.410 e. The second-order valence-electron chi connectivity index (χ2n) is 12.4. The van der Waals surface area contributed by atoms with Gasteiger partial charge in [-0.05, 0) is 57.7 Å². The zero-order valence-corrected chi connectivity index (χ0v) is 27.0. The van der Waals surface area contributed by atoms with Gasteiger partial charge in [0.25, 0.3) is 5.91 Å². The van der Waals surface area contributed by atoms with Crippen molar-refractivity contribution in [1.29, 1.82) is 0 Å². The van der Waals surface area contributed by atoms with Crippen molar-refractivity contribution in [1.82, 2.24) is 19.4 Å². The van der Waals surface area contributed by atoms with Crippen LogP contribution in [0.3, 0.4) is 0 Å². The van der Waals surface area contributed by atoms with E-state index >= 15 is 0 Å². The molecule has 1 atom stereocenters. The van der Waals surface area contributed by atoms with Gasteiger partial charge in [0.1, 0.15) is 12.4 Å². The minimum Gasteiger partial charge on any atom is -0.445 e. The lowest BCUT2D eigenvalue weighted by Crippen LogP contribution is -2.39. The van der Waals surface area contributed by atoms with Crippen LogP contribution in [0.2, 0.25) is 0 Å². The van der Waals surface area contributed by atoms with Crippen LogP contribution in [0.4, 0.5) is 4.79 Å². The van der Waals surface area contributed by atoms with Crippen LogP contribution >= 0.6 is 0 Å². The molecule has 13 heteroatoms. The number of amides is 2. The second kappa shape index (κ2) is 13.5. The first-order valence-corrected chi connectivity index (χ1v) is 16.9. The van der Waals surface area contributed by atoms with E-state index in [2.05, 4.69) is 4.98 Å². The minimum absolute atomic E-state index is 0.0649. The Hall–Kier alpha value is -4.52. The van der Waals surface area contributed by atoms with Crippen molar-refractivity contribution < 1.29 is 32.3 Å². The highest BCUT2D eigenvalue weighted by molar-refractivity contribution is 7.91. The van der Waals surface area contributed by atoms with Crippen LogP contribution in [-0.4, -0.2) is 71.1 Å². The lowest BCUT2D eigenvalue weighted by Gasteiger charge is -2.28. The molecule has 3 heterocycles. The van der Waals surface area contributed by atoms with Crippen molar-refractivity contribution in [3.63, 3.8) is 0 Å². The number of aromatic nitrogens is 2. The molecule has 46 heavy (non-hydrogen) atoms. The van der Waals surface area contributed by atoms with E-state index in [0.717, 1.165) is 5.56 Å². The standard InChI is InChI=1S/C33H38N4O8S/c1-33(2,3)31(40)45-27-26-30(39)35(20-21-46(42,43)24-14-8-5-9-15-24)17-11-19-37(26)28(34-29(27)38)25-16-10-18-36(25)32(41)44-22-23-12-6-4-7-13-23/h4-9,12-15,25H,10-11,16-22H2,1-3H3/t25-/m0/s1. The second-order valence-corrected chi connectivity index (χ2v) is 14.5. The lowest BCUT2D eigenvalue weighted by atomic mass is 9.97. The van der Waals surface area contributed by atoms with Crippen LogP contribution in [-0.2, 0) is 32.5 Å². The average molecular weight is 651 g/mol. The van der Waals surface area contributed by atoms with Crippen molar-refractivity contribution in [2.24, 2.45) is 5.41 Å². The van der Waals surface area contributed by atoms with Gasteiger partial charge in [-0.25, -0.2) is 13.2 Å². The highest BCUT2D eigenvalue weighted by Gasteiger charge is 2.39. The van der Waals surface area contributed by atoms with Crippen LogP contribution in [0, 0.1) is 5.41 Å². The number of hydrogen-bond acceptors (Lipinski definition) is 9. The van der Waals surface area contributed by atoms with E-state index in [4.69, 9.17) is 9.47 Å². The van der Waals surface area contributed by atoms with Gasteiger partial charge >= 0.3 is 17.6 Å². The highest BCUT2D eigenvalue weighted by atomic mass is 32.2. The van der Waals surface area contributed by atoms with Gasteiger partial charge in [-0.2, -0.15) is 4.98 Å². The number of carbonyl (C=O) groups is 3. The molecule has 0 N–H and O–H groups in total. The summed E-state index contributed by atoms with van der Waals surface area (Å²) in [6.45, 7) is 5.55. The Morgan fingerprint density at radius 2 is 1.61 bits per heavy atom. The topological polar surface area (TPSA) is 145 Å². The Morgan fingerprint density at radius 3 is 2.28 bits per heavy atom. The van der Waals surface area contributed by atoms with Gasteiger partial charge in [0.15, 0.2) is 15.5 Å². The molecule has 2 aromatic carbocycles. The van der Waals surface area contributed by atoms with Gasteiger partial charge in [-0.3, -0.25) is 19.3 Å². The zero-order valence-electron chi connectivity index (χ0n) is 26.2. The Bertz CT molecular complexity index is 1770. The molecule has 1 saturated heterocycles. The summed E-state index contributed by atoms with van der Waals surface area (Å²) in [7, 11) is -3.71. The molecule has 0 spiro atoms. The molecule has 2 aliphatic heterocycles. The Morgan fingerprint density at radius 1 is 0.935 bits per heavy atom. The molecule has 244 valence electrons. The first kappa shape index (κ1) is 32.9. The van der Waals surface area contributed by atoms with Crippen LogP contribution in [0.25, 0.3) is 0 Å². The van der Waals surface area contributed by atoms with Crippen LogP contribution in [0.5, 0.6) is 5.75 Å². The summed E-state index contributed by atoms with van der Waals surface area (Å²) in [5.41, 5.74) is -1.29. The van der Waals surface area contributed by atoms with Crippen molar-refractivity contribution in [3.8, 4) is 5.75 Å². The Kier molecular flexibility index (Phi) is 9.61. The lowest BCUT2D eigenvalue weighted by molar-refractivity contribution is -0.143. The molecular formula is C33H38N4O8S. The molecule has 1 aromatic heterocycles. The molecule has 0 radical (unpaired) electrons. The molecule has 3 aromatic rings. The number of carbonyl (C=O) groups excluding carboxylic acids is 3. The number of likely N-dealkylation sites (tertiary alicyclic amines) is 1. The van der Waals surface area contributed by atoms with E-state index in [1.165, 1.54) is 21.9 Å². The number of ether oxygens (including phenoxy) is 2. The summed E-state index contributed by atoms with van der Waals surface area (Å²) in [6.07, 6.45) is 0.917. The van der Waals surface area contributed by atoms with Gasteiger partial charge in [-0.1, -0.05) is 48.5 Å². The molecule has 12 nitrogen and oxygen atoms in total. The minimum atomic E-state index is -3.71. The van der Waals surface area contributed by atoms with E-state index in [1.807, 2.05) is 30.3 Å². The van der Waals surface area contributed by atoms with Gasteiger partial charge in [-0.15, -0.1) is 0 Å². The molecule has 5 rings (SSSR count). The number of sulfone groups is 1. The average Bonchev–Trinajstić information content (AvgIpc) is 3.46. The maximum atomic E-state index is 14.2. The summed E-state index contributed by atoms with van der Waals surface area (Å²) in [5.74, 6) is -2.05. The summed E-state index contributed by atoms with van der Waals surface area (Å²) >= 11 is 0. The first-order valence-electron chi connectivity index (χ1n) is 15.3. The summed E-state index contributed by atoms with van der Waals surface area (Å²) in [5, 5.41) is 0. The van der Waals surface area contributed by atoms with E-state index in [-0.39, 0.29) is 48.4 Å². The SMILES string of the molecule is CC(C)(C)C(=O)Oc1c2n(c([C@@H]3CCCN3C(=O)OCc3ccccc3)nc1=O)CCCN(CCS(=O)(=O)c1ccccc1)C2=O. The Labute approximate surface area is 267 Å². The summed E-state index contributed by atoms with van der Waals surface area (Å²) in [6, 6.07) is 16.5. The monoisotopic (exact) mass is 650 g/mol. The fraction of sp³-hybridized carbons (Fsp3) is 0.424. The van der Waals surface area contributed by atoms with Crippen molar-refractivity contribution >= 4 is 27.8 Å². The molecule has 0 bridgehead atoms. The fourth-order valence-electron chi connectivity index (χ4n) is 5.50. The van der Waals surface area contributed by atoms with E-state index in [1.54, 1.807) is 43.5 Å². The normalized spacial score (nSPS) is 16.9. The molecular weight excluding hydrogens is 612 g/mol. The molecule has 2 amide bonds. The summed E-state index contributed by atoms with van der Waals surface area (Å²) < 4.78 is 38.8. The van der Waals surface area contributed by atoms with E-state index in [0.29, 0.717) is 25.8 Å². The smallest absolute Gasteiger partial charge is 0.410 e. The quantitative estimate of drug-likeness (QED) is 0.331.